The summed E-state index contributed by atoms with van der Waals surface area (Å²) in [5.41, 5.74) is 3.62. The van der Waals surface area contributed by atoms with Gasteiger partial charge in [0, 0.05) is 32.7 Å². The third-order valence-corrected chi connectivity index (χ3v) is 7.88. The van der Waals surface area contributed by atoms with E-state index in [4.69, 9.17) is 9.47 Å². The number of hydrogen-bond donors (Lipinski definition) is 0. The number of anilines is 1. The van der Waals surface area contributed by atoms with Crippen LogP contribution in [0.5, 0.6) is 0 Å². The van der Waals surface area contributed by atoms with Crippen LogP contribution in [0.25, 0.3) is 0 Å². The molecule has 0 amide bonds. The van der Waals surface area contributed by atoms with Crippen molar-refractivity contribution in [3.63, 3.8) is 0 Å². The van der Waals surface area contributed by atoms with Gasteiger partial charge in [-0.1, -0.05) is 12.1 Å². The molecule has 2 aliphatic rings. The lowest BCUT2D eigenvalue weighted by molar-refractivity contribution is 0.0474. The molecule has 1 saturated heterocycles. The zero-order valence-corrected chi connectivity index (χ0v) is 19.7. The van der Waals surface area contributed by atoms with Gasteiger partial charge in [-0.2, -0.15) is 0 Å². The van der Waals surface area contributed by atoms with Crippen molar-refractivity contribution >= 4 is 27.5 Å². The van der Waals surface area contributed by atoms with Gasteiger partial charge in [0.1, 0.15) is 0 Å². The predicted molar refractivity (Wildman–Crippen MR) is 123 cm³/mol. The van der Waals surface area contributed by atoms with Crippen molar-refractivity contribution in [3.05, 3.63) is 58.7 Å². The molecular formula is C24H28N2O6S. The van der Waals surface area contributed by atoms with Gasteiger partial charge in [-0.3, -0.25) is 4.79 Å². The smallest absolute Gasteiger partial charge is 0.340 e. The molecule has 4 rings (SSSR count). The van der Waals surface area contributed by atoms with Crippen LogP contribution in [-0.2, 0) is 32.3 Å². The number of nitrogens with zero attached hydrogens (tertiary/aromatic N) is 2. The molecule has 0 bridgehead atoms. The molecule has 176 valence electrons. The molecule has 33 heavy (non-hydrogen) atoms. The molecule has 0 saturated carbocycles. The monoisotopic (exact) mass is 472 g/mol. The van der Waals surface area contributed by atoms with Crippen LogP contribution >= 0.6 is 0 Å². The predicted octanol–water partition coefficient (Wildman–Crippen LogP) is 2.30. The lowest BCUT2D eigenvalue weighted by Crippen LogP contribution is -2.37. The molecule has 1 aliphatic carbocycles. The van der Waals surface area contributed by atoms with Crippen molar-refractivity contribution in [1.29, 1.82) is 0 Å². The summed E-state index contributed by atoms with van der Waals surface area (Å²) in [6, 6.07) is 10.0. The Morgan fingerprint density at radius 2 is 1.76 bits per heavy atom. The topological polar surface area (TPSA) is 93.2 Å². The number of rotatable bonds is 7. The van der Waals surface area contributed by atoms with Crippen LogP contribution in [0.2, 0.25) is 0 Å². The van der Waals surface area contributed by atoms with Gasteiger partial charge in [0.2, 0.25) is 10.0 Å². The second-order valence-electron chi connectivity index (χ2n) is 8.40. The standard InChI is InChI=1S/C24H28N2O6S/c1-25(2)33(29,30)20-8-9-22(26-10-12-31-13-11-26)21(15-20)24(28)32-16-23(27)19-7-6-17-4-3-5-18(17)14-19/h6-9,14-15H,3-5,10-13,16H2,1-2H3. The molecule has 0 aromatic heterocycles. The Hall–Kier alpha value is -2.75. The zero-order valence-electron chi connectivity index (χ0n) is 18.9. The second-order valence-corrected chi connectivity index (χ2v) is 10.6. The molecule has 0 unspecified atom stereocenters. The summed E-state index contributed by atoms with van der Waals surface area (Å²) >= 11 is 0. The molecule has 0 radical (unpaired) electrons. The van der Waals surface area contributed by atoms with Crippen LogP contribution in [0.3, 0.4) is 0 Å². The number of ketones is 1. The number of esters is 1. The van der Waals surface area contributed by atoms with E-state index in [2.05, 4.69) is 0 Å². The summed E-state index contributed by atoms with van der Waals surface area (Å²) < 4.78 is 37.1. The first-order chi connectivity index (χ1) is 15.8. The number of morpholine rings is 1. The first-order valence-electron chi connectivity index (χ1n) is 11.0. The normalized spacial score (nSPS) is 16.0. The van der Waals surface area contributed by atoms with Gasteiger partial charge in [0.25, 0.3) is 0 Å². The minimum Gasteiger partial charge on any atom is -0.454 e. The molecule has 0 spiro atoms. The van der Waals surface area contributed by atoms with Crippen LogP contribution in [0.4, 0.5) is 5.69 Å². The molecule has 0 N–H and O–H groups in total. The van der Waals surface area contributed by atoms with Gasteiger partial charge >= 0.3 is 5.97 Å². The number of aryl methyl sites for hydroxylation is 2. The summed E-state index contributed by atoms with van der Waals surface area (Å²) in [6.07, 6.45) is 3.06. The van der Waals surface area contributed by atoms with Gasteiger partial charge in [-0.15, -0.1) is 0 Å². The van der Waals surface area contributed by atoms with Crippen molar-refractivity contribution in [1.82, 2.24) is 4.31 Å². The summed E-state index contributed by atoms with van der Waals surface area (Å²) in [5.74, 6) is -1.02. The average Bonchev–Trinajstić information content (AvgIpc) is 3.30. The largest absolute Gasteiger partial charge is 0.454 e. The van der Waals surface area contributed by atoms with Gasteiger partial charge in [-0.05, 0) is 54.7 Å². The SMILES string of the molecule is CN(C)S(=O)(=O)c1ccc(N2CCOCC2)c(C(=O)OCC(=O)c2ccc3c(c2)CCC3)c1. The van der Waals surface area contributed by atoms with Crippen LogP contribution < -0.4 is 4.90 Å². The number of carbonyl (C=O) groups excluding carboxylic acids is 2. The van der Waals surface area contributed by atoms with Crippen molar-refractivity contribution in [2.45, 2.75) is 24.2 Å². The number of hydrogen-bond acceptors (Lipinski definition) is 7. The number of sulfonamides is 1. The van der Waals surface area contributed by atoms with E-state index in [1.165, 1.54) is 37.4 Å². The van der Waals surface area contributed by atoms with E-state index in [0.717, 1.165) is 23.6 Å². The summed E-state index contributed by atoms with van der Waals surface area (Å²) in [5, 5.41) is 0. The van der Waals surface area contributed by atoms with E-state index >= 15 is 0 Å². The van der Waals surface area contributed by atoms with Gasteiger partial charge < -0.3 is 14.4 Å². The Bertz CT molecular complexity index is 1170. The van der Waals surface area contributed by atoms with Crippen LogP contribution in [0.1, 0.15) is 38.3 Å². The van der Waals surface area contributed by atoms with E-state index in [0.29, 0.717) is 37.6 Å². The van der Waals surface area contributed by atoms with E-state index in [9.17, 15) is 18.0 Å². The quantitative estimate of drug-likeness (QED) is 0.451. The third kappa shape index (κ3) is 4.95. The fourth-order valence-electron chi connectivity index (χ4n) is 4.17. The molecular weight excluding hydrogens is 444 g/mol. The summed E-state index contributed by atoms with van der Waals surface area (Å²) in [4.78, 5) is 27.7. The fraction of sp³-hybridized carbons (Fsp3) is 0.417. The van der Waals surface area contributed by atoms with Crippen LogP contribution in [0, 0.1) is 0 Å². The lowest BCUT2D eigenvalue weighted by atomic mass is 10.0. The first kappa shape index (κ1) is 23.4. The Kier molecular flexibility index (Phi) is 6.83. The number of Topliss-reactive ketones (excluding diaryl/α,β-unsaturated/α-hetero) is 1. The molecule has 1 fully saturated rings. The maximum absolute atomic E-state index is 13.0. The highest BCUT2D eigenvalue weighted by atomic mass is 32.2. The highest BCUT2D eigenvalue weighted by Crippen LogP contribution is 2.27. The van der Waals surface area contributed by atoms with Gasteiger partial charge in [0.05, 0.1) is 29.4 Å². The summed E-state index contributed by atoms with van der Waals surface area (Å²) in [7, 11) is -0.887. The Morgan fingerprint density at radius 3 is 2.48 bits per heavy atom. The van der Waals surface area contributed by atoms with Gasteiger partial charge in [-0.25, -0.2) is 17.5 Å². The number of benzene rings is 2. The van der Waals surface area contributed by atoms with Crippen molar-refractivity contribution < 1.29 is 27.5 Å². The molecule has 9 heteroatoms. The van der Waals surface area contributed by atoms with Crippen molar-refractivity contribution in [3.8, 4) is 0 Å². The second kappa shape index (κ2) is 9.62. The fourth-order valence-corrected chi connectivity index (χ4v) is 5.10. The maximum Gasteiger partial charge on any atom is 0.340 e. The number of carbonyl (C=O) groups is 2. The number of fused-ring (bicyclic) bond motifs is 1. The van der Waals surface area contributed by atoms with Crippen LogP contribution in [0.15, 0.2) is 41.3 Å². The minimum absolute atomic E-state index is 0.0126. The maximum atomic E-state index is 13.0. The Balaban J connectivity index is 1.57. The molecule has 0 atom stereocenters. The third-order valence-electron chi connectivity index (χ3n) is 6.07. The van der Waals surface area contributed by atoms with Crippen LogP contribution in [-0.4, -0.2) is 71.5 Å². The number of ether oxygens (including phenoxy) is 2. The average molecular weight is 473 g/mol. The lowest BCUT2D eigenvalue weighted by Gasteiger charge is -2.30. The van der Waals surface area contributed by atoms with E-state index in [-0.39, 0.29) is 16.2 Å². The zero-order chi connectivity index (χ0) is 23.6. The first-order valence-corrected chi connectivity index (χ1v) is 12.4. The van der Waals surface area contributed by atoms with E-state index in [1.54, 1.807) is 12.1 Å². The Labute approximate surface area is 194 Å². The highest BCUT2D eigenvalue weighted by molar-refractivity contribution is 7.89. The highest BCUT2D eigenvalue weighted by Gasteiger charge is 2.25. The van der Waals surface area contributed by atoms with E-state index in [1.807, 2.05) is 17.0 Å². The van der Waals surface area contributed by atoms with E-state index < -0.39 is 22.6 Å². The molecule has 1 heterocycles. The molecule has 1 aliphatic heterocycles. The molecule has 2 aromatic carbocycles. The van der Waals surface area contributed by atoms with Crippen molar-refractivity contribution in [2.24, 2.45) is 0 Å². The van der Waals surface area contributed by atoms with Crippen molar-refractivity contribution in [2.75, 3.05) is 51.9 Å². The Morgan fingerprint density at radius 1 is 1.03 bits per heavy atom. The minimum atomic E-state index is -3.75. The van der Waals surface area contributed by atoms with Gasteiger partial charge in [0.15, 0.2) is 12.4 Å². The molecule has 8 nitrogen and oxygen atoms in total. The molecule has 2 aromatic rings. The summed E-state index contributed by atoms with van der Waals surface area (Å²) in [6.45, 7) is 1.72.